The van der Waals surface area contributed by atoms with Crippen LogP contribution in [-0.2, 0) is 0 Å². The third-order valence-corrected chi connectivity index (χ3v) is 12.6. The molecule has 0 saturated heterocycles. The number of furan rings is 2. The Morgan fingerprint density at radius 2 is 0.583 bits per heavy atom. The van der Waals surface area contributed by atoms with Crippen molar-refractivity contribution in [2.45, 2.75) is 0 Å². The second kappa shape index (κ2) is 12.8. The van der Waals surface area contributed by atoms with Gasteiger partial charge in [-0.25, -0.2) is 0 Å². The van der Waals surface area contributed by atoms with E-state index in [-0.39, 0.29) is 0 Å². The number of rotatable bonds is 4. The van der Waals surface area contributed by atoms with Crippen LogP contribution in [0.5, 0.6) is 0 Å². The molecule has 0 spiro atoms. The molecule has 0 atom stereocenters. The van der Waals surface area contributed by atoms with Gasteiger partial charge in [0.1, 0.15) is 22.3 Å². The summed E-state index contributed by atoms with van der Waals surface area (Å²) in [5, 5.41) is 14.5. The van der Waals surface area contributed by atoms with Gasteiger partial charge in [0, 0.05) is 27.6 Å². The molecule has 0 unspecified atom stereocenters. The molecule has 2 nitrogen and oxygen atoms in total. The van der Waals surface area contributed by atoms with E-state index < -0.39 is 0 Å². The molecule has 2 heterocycles. The highest BCUT2D eigenvalue weighted by atomic mass is 16.3. The first kappa shape index (κ1) is 33.1. The number of benzene rings is 11. The highest BCUT2D eigenvalue weighted by molar-refractivity contribution is 6.17. The topological polar surface area (TPSA) is 26.3 Å². The molecule has 2 heteroatoms. The van der Waals surface area contributed by atoms with Gasteiger partial charge in [0.05, 0.1) is 0 Å². The van der Waals surface area contributed by atoms with E-state index >= 15 is 0 Å². The molecule has 0 radical (unpaired) electrons. The van der Waals surface area contributed by atoms with Crippen molar-refractivity contribution in [3.63, 3.8) is 0 Å². The van der Waals surface area contributed by atoms with E-state index in [4.69, 9.17) is 8.83 Å². The van der Waals surface area contributed by atoms with E-state index in [2.05, 4.69) is 206 Å². The first-order valence-electron chi connectivity index (χ1n) is 20.6. The molecule has 0 aliphatic rings. The smallest absolute Gasteiger partial charge is 0.139 e. The third kappa shape index (κ3) is 5.08. The highest BCUT2D eigenvalue weighted by Gasteiger charge is 2.17. The van der Waals surface area contributed by atoms with Crippen molar-refractivity contribution in [3.8, 4) is 44.5 Å². The summed E-state index contributed by atoms with van der Waals surface area (Å²) in [7, 11) is 0. The molecule has 0 N–H and O–H groups in total. The van der Waals surface area contributed by atoms with Gasteiger partial charge >= 0.3 is 0 Å². The van der Waals surface area contributed by atoms with Crippen LogP contribution >= 0.6 is 0 Å². The first-order chi connectivity index (χ1) is 29.7. The van der Waals surface area contributed by atoms with Gasteiger partial charge in [0.25, 0.3) is 0 Å². The standard InChI is InChI=1S/C58H34O2/c1-3-17-43-41(11-1)31-49(47-21-7-5-19-45(43)47)39-15-9-13-35(27-39)37-23-25-55-51(29-37)53-33-54-52-30-38(24-26-56(52)60-58(54)34-57(53)59-55)36-14-10-16-40(28-36)50-32-42-12-2-4-18-44(42)46-20-6-8-22-48(46)50/h1-34H. The van der Waals surface area contributed by atoms with E-state index in [1.54, 1.807) is 0 Å². The van der Waals surface area contributed by atoms with Gasteiger partial charge in [-0.1, -0.05) is 146 Å². The molecule has 0 saturated carbocycles. The Kier molecular flexibility index (Phi) is 7.05. The Balaban J connectivity index is 0.912. The zero-order chi connectivity index (χ0) is 39.3. The maximum Gasteiger partial charge on any atom is 0.139 e. The average molecular weight is 763 g/mol. The Morgan fingerprint density at radius 1 is 0.200 bits per heavy atom. The monoisotopic (exact) mass is 762 g/mol. The Labute approximate surface area is 345 Å². The molecule has 11 aromatic carbocycles. The Hall–Kier alpha value is -7.94. The normalized spacial score (nSPS) is 12.0. The molecular formula is C58H34O2. The Bertz CT molecular complexity index is 3650. The lowest BCUT2D eigenvalue weighted by molar-refractivity contribution is 0.656. The summed E-state index contributed by atoms with van der Waals surface area (Å²) in [5.74, 6) is 0. The summed E-state index contributed by atoms with van der Waals surface area (Å²) >= 11 is 0. The number of hydrogen-bond donors (Lipinski definition) is 0. The highest BCUT2D eigenvalue weighted by Crippen LogP contribution is 2.42. The van der Waals surface area contributed by atoms with Crippen LogP contribution in [0.2, 0.25) is 0 Å². The maximum atomic E-state index is 6.48. The van der Waals surface area contributed by atoms with E-state index in [0.717, 1.165) is 55.0 Å². The second-order valence-electron chi connectivity index (χ2n) is 16.0. The van der Waals surface area contributed by atoms with Crippen LogP contribution in [-0.4, -0.2) is 0 Å². The molecule has 13 rings (SSSR count). The fourth-order valence-electron chi connectivity index (χ4n) is 9.72. The number of fused-ring (bicyclic) bond motifs is 12. The summed E-state index contributed by atoms with van der Waals surface area (Å²) < 4.78 is 13.0. The van der Waals surface area contributed by atoms with Gasteiger partial charge in [-0.2, -0.15) is 0 Å². The zero-order valence-corrected chi connectivity index (χ0v) is 32.4. The Morgan fingerprint density at radius 3 is 1.07 bits per heavy atom. The predicted octanol–water partition coefficient (Wildman–Crippen LogP) is 16.8. The van der Waals surface area contributed by atoms with Crippen LogP contribution in [0.3, 0.4) is 0 Å². The minimum Gasteiger partial charge on any atom is -0.456 e. The van der Waals surface area contributed by atoms with Crippen LogP contribution in [0.1, 0.15) is 0 Å². The molecule has 0 amide bonds. The van der Waals surface area contributed by atoms with Crippen molar-refractivity contribution in [1.82, 2.24) is 0 Å². The molecule has 0 fully saturated rings. The first-order valence-corrected chi connectivity index (χ1v) is 20.6. The van der Waals surface area contributed by atoms with Crippen molar-refractivity contribution in [2.75, 3.05) is 0 Å². The van der Waals surface area contributed by atoms with Gasteiger partial charge in [-0.3, -0.25) is 0 Å². The average Bonchev–Trinajstić information content (AvgIpc) is 3.86. The molecule has 13 aromatic rings. The van der Waals surface area contributed by atoms with Gasteiger partial charge in [-0.05, 0) is 142 Å². The van der Waals surface area contributed by atoms with E-state index in [1.165, 1.54) is 76.5 Å². The lowest BCUT2D eigenvalue weighted by Crippen LogP contribution is -1.86. The van der Waals surface area contributed by atoms with Crippen LogP contribution < -0.4 is 0 Å². The quantitative estimate of drug-likeness (QED) is 0.167. The molecule has 0 aliphatic carbocycles. The molecule has 0 bridgehead atoms. The predicted molar refractivity (Wildman–Crippen MR) is 253 cm³/mol. The van der Waals surface area contributed by atoms with E-state index in [0.29, 0.717) is 0 Å². The summed E-state index contributed by atoms with van der Waals surface area (Å²) in [4.78, 5) is 0. The van der Waals surface area contributed by atoms with Crippen molar-refractivity contribution < 1.29 is 8.83 Å². The molecule has 278 valence electrons. The summed E-state index contributed by atoms with van der Waals surface area (Å²) in [6.07, 6.45) is 0. The molecular weight excluding hydrogens is 729 g/mol. The van der Waals surface area contributed by atoms with Gasteiger partial charge < -0.3 is 8.83 Å². The molecule has 60 heavy (non-hydrogen) atoms. The fraction of sp³-hybridized carbons (Fsp3) is 0. The van der Waals surface area contributed by atoms with Gasteiger partial charge in [0.2, 0.25) is 0 Å². The molecule has 2 aromatic heterocycles. The van der Waals surface area contributed by atoms with E-state index in [1.807, 2.05) is 0 Å². The van der Waals surface area contributed by atoms with Crippen molar-refractivity contribution in [2.24, 2.45) is 0 Å². The second-order valence-corrected chi connectivity index (χ2v) is 16.0. The summed E-state index contributed by atoms with van der Waals surface area (Å²) in [5.41, 5.74) is 12.9. The minimum absolute atomic E-state index is 0.820. The largest absolute Gasteiger partial charge is 0.456 e. The SMILES string of the molecule is c1cc(-c2ccc3oc4cc5oc6ccc(-c7cccc(-c8cc9ccccc9c9ccccc89)c7)cc6c5cc4c3c2)cc(-c2cc3ccccc3c3ccccc23)c1. The van der Waals surface area contributed by atoms with Crippen LogP contribution in [0, 0.1) is 0 Å². The van der Waals surface area contributed by atoms with Crippen molar-refractivity contribution >= 4 is 87.0 Å². The van der Waals surface area contributed by atoms with Gasteiger partial charge in [0.15, 0.2) is 0 Å². The van der Waals surface area contributed by atoms with Crippen LogP contribution in [0.15, 0.2) is 215 Å². The number of hydrogen-bond acceptors (Lipinski definition) is 2. The zero-order valence-electron chi connectivity index (χ0n) is 32.4. The lowest BCUT2D eigenvalue weighted by Gasteiger charge is -2.12. The summed E-state index contributed by atoms with van der Waals surface area (Å²) in [6, 6.07) is 74.7. The lowest BCUT2D eigenvalue weighted by atomic mass is 9.91. The third-order valence-electron chi connectivity index (χ3n) is 12.6. The fourth-order valence-corrected chi connectivity index (χ4v) is 9.72. The van der Waals surface area contributed by atoms with E-state index in [9.17, 15) is 0 Å². The van der Waals surface area contributed by atoms with Crippen molar-refractivity contribution in [3.05, 3.63) is 206 Å². The van der Waals surface area contributed by atoms with Crippen LogP contribution in [0.4, 0.5) is 0 Å². The van der Waals surface area contributed by atoms with Crippen molar-refractivity contribution in [1.29, 1.82) is 0 Å². The molecule has 0 aliphatic heterocycles. The minimum atomic E-state index is 0.820. The summed E-state index contributed by atoms with van der Waals surface area (Å²) in [6.45, 7) is 0. The maximum absolute atomic E-state index is 6.48. The van der Waals surface area contributed by atoms with Crippen LogP contribution in [0.25, 0.3) is 131 Å². The van der Waals surface area contributed by atoms with Gasteiger partial charge in [-0.15, -0.1) is 0 Å².